The van der Waals surface area contributed by atoms with Crippen molar-refractivity contribution in [3.05, 3.63) is 71.4 Å². The van der Waals surface area contributed by atoms with Gasteiger partial charge in [0.05, 0.1) is 16.8 Å². The third-order valence-electron chi connectivity index (χ3n) is 8.27. The lowest BCUT2D eigenvalue weighted by molar-refractivity contribution is -0.134. The van der Waals surface area contributed by atoms with Crippen LogP contribution in [0.1, 0.15) is 48.2 Å². The van der Waals surface area contributed by atoms with Gasteiger partial charge in [0.25, 0.3) is 5.91 Å². The Morgan fingerprint density at radius 1 is 1.12 bits per heavy atom. The Kier molecular flexibility index (Phi) is 8.60. The Morgan fingerprint density at radius 2 is 1.90 bits per heavy atom. The van der Waals surface area contributed by atoms with Crippen molar-refractivity contribution in [1.29, 1.82) is 0 Å². The molecule has 1 aliphatic heterocycles. The van der Waals surface area contributed by atoms with Gasteiger partial charge in [0, 0.05) is 61.4 Å². The van der Waals surface area contributed by atoms with Crippen LogP contribution in [0.5, 0.6) is 0 Å². The molecular formula is C32H37N5O2S. The molecule has 2 aromatic carbocycles. The van der Waals surface area contributed by atoms with Gasteiger partial charge in [-0.05, 0) is 99.4 Å². The zero-order chi connectivity index (χ0) is 28.2. The average molecular weight is 556 g/mol. The van der Waals surface area contributed by atoms with Gasteiger partial charge in [-0.2, -0.15) is 4.99 Å². The number of hydrogen-bond acceptors (Lipinski definition) is 5. The summed E-state index contributed by atoms with van der Waals surface area (Å²) in [6.45, 7) is 7.85. The van der Waals surface area contributed by atoms with Crippen molar-refractivity contribution in [2.24, 2.45) is 10.9 Å². The molecule has 0 radical (unpaired) electrons. The first kappa shape index (κ1) is 28.0. The summed E-state index contributed by atoms with van der Waals surface area (Å²) in [5.74, 6) is 0.0320. The minimum atomic E-state index is -0.109. The highest BCUT2D eigenvalue weighted by Gasteiger charge is 2.36. The van der Waals surface area contributed by atoms with Gasteiger partial charge < -0.3 is 14.8 Å². The van der Waals surface area contributed by atoms with E-state index in [0.29, 0.717) is 23.8 Å². The number of thiocarbonyl (C=S) groups is 1. The van der Waals surface area contributed by atoms with E-state index in [1.165, 1.54) is 27.6 Å². The highest BCUT2D eigenvalue weighted by atomic mass is 32.1. The first-order valence-electron chi connectivity index (χ1n) is 14.2. The van der Waals surface area contributed by atoms with Gasteiger partial charge in [-0.1, -0.05) is 18.2 Å². The van der Waals surface area contributed by atoms with Crippen LogP contribution in [0.2, 0.25) is 0 Å². The molecular weight excluding hydrogens is 518 g/mol. The third-order valence-corrected chi connectivity index (χ3v) is 8.36. The third kappa shape index (κ3) is 5.52. The largest absolute Gasteiger partial charge is 0.352 e. The van der Waals surface area contributed by atoms with E-state index in [1.807, 2.05) is 18.7 Å². The number of aryl methyl sites for hydroxylation is 1. The molecule has 0 fully saturated rings. The molecule has 1 aromatic heterocycles. The van der Waals surface area contributed by atoms with Crippen molar-refractivity contribution in [3.63, 3.8) is 0 Å². The number of carbonyl (C=O) groups excluding carboxylic acids is 2. The second-order valence-corrected chi connectivity index (χ2v) is 10.8. The lowest BCUT2D eigenvalue weighted by Gasteiger charge is -2.40. The van der Waals surface area contributed by atoms with Gasteiger partial charge in [0.2, 0.25) is 5.91 Å². The van der Waals surface area contributed by atoms with Crippen molar-refractivity contribution >= 4 is 51.4 Å². The summed E-state index contributed by atoms with van der Waals surface area (Å²) in [5, 5.41) is 6.67. The zero-order valence-electron chi connectivity index (χ0n) is 23.5. The first-order valence-corrected chi connectivity index (χ1v) is 14.6. The van der Waals surface area contributed by atoms with Crippen molar-refractivity contribution in [1.82, 2.24) is 19.7 Å². The van der Waals surface area contributed by atoms with Crippen LogP contribution in [0.4, 0.5) is 5.69 Å². The van der Waals surface area contributed by atoms with Gasteiger partial charge in [-0.15, -0.1) is 0 Å². The Hall–Kier alpha value is -3.58. The Morgan fingerprint density at radius 3 is 2.62 bits per heavy atom. The number of nitrogens with one attached hydrogen (secondary N) is 1. The van der Waals surface area contributed by atoms with Crippen molar-refractivity contribution in [2.75, 3.05) is 33.2 Å². The number of hydrogen-bond donors (Lipinski definition) is 1. The molecule has 2 amide bonds. The smallest absolute Gasteiger partial charge is 0.251 e. The predicted octanol–water partition coefficient (Wildman–Crippen LogP) is 5.32. The summed E-state index contributed by atoms with van der Waals surface area (Å²) < 4.78 is 2.36. The molecule has 0 spiro atoms. The number of benzene rings is 2. The normalized spacial score (nSPS) is 18.0. The Bertz CT molecular complexity index is 1480. The first-order chi connectivity index (χ1) is 19.4. The van der Waals surface area contributed by atoms with Gasteiger partial charge >= 0.3 is 0 Å². The molecule has 0 unspecified atom stereocenters. The monoisotopic (exact) mass is 555 g/mol. The van der Waals surface area contributed by atoms with Crippen molar-refractivity contribution in [3.8, 4) is 0 Å². The summed E-state index contributed by atoms with van der Waals surface area (Å²) >= 11 is 4.62. The topological polar surface area (TPSA) is 69.9 Å². The molecule has 1 aliphatic carbocycles. The summed E-state index contributed by atoms with van der Waals surface area (Å²) in [5.41, 5.74) is 6.47. The maximum Gasteiger partial charge on any atom is 0.251 e. The predicted molar refractivity (Wildman–Crippen MR) is 164 cm³/mol. The van der Waals surface area contributed by atoms with E-state index in [2.05, 4.69) is 74.7 Å². The lowest BCUT2D eigenvalue weighted by atomic mass is 9.79. The number of unbranched alkanes of at least 4 members (excludes halogenated alkanes) is 1. The van der Waals surface area contributed by atoms with Crippen LogP contribution in [0.15, 0.2) is 59.7 Å². The van der Waals surface area contributed by atoms with Crippen LogP contribution in [0.25, 0.3) is 16.5 Å². The number of carbonyl (C=O) groups is 2. The van der Waals surface area contributed by atoms with E-state index < -0.39 is 0 Å². The van der Waals surface area contributed by atoms with Gasteiger partial charge in [-0.3, -0.25) is 14.5 Å². The maximum atomic E-state index is 13.2. The summed E-state index contributed by atoms with van der Waals surface area (Å²) in [7, 11) is 2.15. The number of aromatic nitrogens is 1. The zero-order valence-corrected chi connectivity index (χ0v) is 24.3. The fourth-order valence-corrected chi connectivity index (χ4v) is 6.29. The van der Waals surface area contributed by atoms with E-state index in [4.69, 9.17) is 0 Å². The number of amides is 2. The fraction of sp³-hybridized carbons (Fsp3) is 0.406. The van der Waals surface area contributed by atoms with Crippen molar-refractivity contribution in [2.45, 2.75) is 45.7 Å². The van der Waals surface area contributed by atoms with Crippen molar-refractivity contribution < 1.29 is 9.59 Å². The van der Waals surface area contributed by atoms with E-state index in [0.717, 1.165) is 45.4 Å². The number of rotatable bonds is 10. The molecule has 0 bridgehead atoms. The number of fused-ring (bicyclic) bond motifs is 2. The number of isothiocyanates is 1. The van der Waals surface area contributed by atoms with Crippen LogP contribution < -0.4 is 5.32 Å². The van der Waals surface area contributed by atoms with Crippen LogP contribution in [0, 0.1) is 5.92 Å². The van der Waals surface area contributed by atoms with Crippen LogP contribution in [0.3, 0.4) is 0 Å². The molecule has 3 aromatic rings. The molecule has 8 heteroatoms. The molecule has 2 heterocycles. The second kappa shape index (κ2) is 12.3. The number of likely N-dealkylation sites (N-methyl/N-ethyl adjacent to an activating group) is 1. The summed E-state index contributed by atoms with van der Waals surface area (Å²) in [6.07, 6.45) is 7.37. The minimum Gasteiger partial charge on any atom is -0.352 e. The van der Waals surface area contributed by atoms with E-state index in [9.17, 15) is 9.59 Å². The maximum absolute atomic E-state index is 13.2. The molecule has 2 aliphatic rings. The van der Waals surface area contributed by atoms with Gasteiger partial charge in [-0.25, -0.2) is 0 Å². The quantitative estimate of drug-likeness (QED) is 0.209. The van der Waals surface area contributed by atoms with E-state index in [1.54, 1.807) is 24.3 Å². The van der Waals surface area contributed by atoms with Gasteiger partial charge in [0.15, 0.2) is 0 Å². The fourth-order valence-electron chi connectivity index (χ4n) is 6.19. The molecule has 7 nitrogen and oxygen atoms in total. The van der Waals surface area contributed by atoms with Gasteiger partial charge in [0.1, 0.15) is 0 Å². The highest BCUT2D eigenvalue weighted by molar-refractivity contribution is 7.78. The molecule has 0 saturated carbocycles. The standard InChI is InChI=1S/C32H37N5O2S/c1-4-36(5-2)32(39)24-17-27-26-9-8-10-28-30(26)23(18-29(27)35(3)19-24)20-37(28)16-7-6-15-33-31(38)22-11-13-25(14-12-22)34-21-40/h8-14,17,20,24,29H,4-7,15-16,18-19H2,1-3H3,(H,33,38)/t24-,29-/m1/s1. The van der Waals surface area contributed by atoms with Crippen LogP contribution in [-0.4, -0.2) is 70.6 Å². The number of nitrogens with zero attached hydrogens (tertiary/aromatic N) is 4. The van der Waals surface area contributed by atoms with Crippen LogP contribution in [-0.2, 0) is 17.8 Å². The second-order valence-electron chi connectivity index (χ2n) is 10.7. The molecule has 1 N–H and O–H groups in total. The molecule has 5 rings (SSSR count). The SMILES string of the molecule is CCN(CC)C(=O)[C@@H]1C=C2c3cccc4c3c(cn4CCCCNC(=O)c3ccc(N=C=S)cc3)C[C@H]2N(C)C1. The Balaban J connectivity index is 1.26. The van der Waals surface area contributed by atoms with Crippen LogP contribution >= 0.6 is 12.2 Å². The molecule has 40 heavy (non-hydrogen) atoms. The molecule has 0 saturated heterocycles. The molecule has 2 atom stereocenters. The minimum absolute atomic E-state index is 0.0834. The van der Waals surface area contributed by atoms with E-state index in [-0.39, 0.29) is 17.7 Å². The lowest BCUT2D eigenvalue weighted by Crippen LogP contribution is -2.47. The average Bonchev–Trinajstić information content (AvgIpc) is 3.32. The summed E-state index contributed by atoms with van der Waals surface area (Å²) in [4.78, 5) is 33.9. The Labute approximate surface area is 241 Å². The summed E-state index contributed by atoms with van der Waals surface area (Å²) in [6, 6.07) is 13.9. The van der Waals surface area contributed by atoms with E-state index >= 15 is 0 Å². The molecule has 208 valence electrons. The number of aliphatic imine (C=N–C) groups is 1. The highest BCUT2D eigenvalue weighted by Crippen LogP contribution is 2.42.